The molecule has 122 valence electrons. The van der Waals surface area contributed by atoms with E-state index in [9.17, 15) is 0 Å². The first-order valence-electron chi connectivity index (χ1n) is 8.23. The summed E-state index contributed by atoms with van der Waals surface area (Å²) >= 11 is 6.07. The van der Waals surface area contributed by atoms with Crippen molar-refractivity contribution < 1.29 is 0 Å². The number of aromatic nitrogens is 2. The van der Waals surface area contributed by atoms with Gasteiger partial charge in [-0.3, -0.25) is 0 Å². The summed E-state index contributed by atoms with van der Waals surface area (Å²) in [5.41, 5.74) is 1.29. The zero-order valence-electron chi connectivity index (χ0n) is 13.5. The normalized spacial score (nSPS) is 17.2. The Morgan fingerprint density at radius 1 is 1.22 bits per heavy atom. The molecule has 1 atom stereocenters. The molecule has 0 aliphatic carbocycles. The number of rotatable bonds is 5. The maximum absolute atomic E-state index is 6.07. The summed E-state index contributed by atoms with van der Waals surface area (Å²) in [6.07, 6.45) is 5.86. The lowest BCUT2D eigenvalue weighted by Gasteiger charge is -2.33. The van der Waals surface area contributed by atoms with Crippen molar-refractivity contribution >= 4 is 17.5 Å². The first kappa shape index (κ1) is 16.2. The van der Waals surface area contributed by atoms with Crippen LogP contribution in [0.1, 0.15) is 31.2 Å². The summed E-state index contributed by atoms with van der Waals surface area (Å²) in [4.78, 5) is 10.9. The van der Waals surface area contributed by atoms with Crippen molar-refractivity contribution in [3.63, 3.8) is 0 Å². The highest BCUT2D eigenvalue weighted by atomic mass is 35.5. The van der Waals surface area contributed by atoms with Gasteiger partial charge in [-0.25, -0.2) is 9.97 Å². The predicted molar refractivity (Wildman–Crippen MR) is 95.1 cm³/mol. The second-order valence-corrected chi connectivity index (χ2v) is 6.61. The van der Waals surface area contributed by atoms with E-state index in [4.69, 9.17) is 11.6 Å². The summed E-state index contributed by atoms with van der Waals surface area (Å²) < 4.78 is 0. The zero-order valence-corrected chi connectivity index (χ0v) is 14.2. The number of hydrogen-bond acceptors (Lipinski definition) is 4. The van der Waals surface area contributed by atoms with Crippen molar-refractivity contribution in [1.82, 2.24) is 15.3 Å². The van der Waals surface area contributed by atoms with Crippen LogP contribution in [0.25, 0.3) is 0 Å². The number of piperidine rings is 1. The molecular weight excluding hydrogens is 308 g/mol. The molecule has 1 fully saturated rings. The Bertz CT molecular complexity index is 611. The summed E-state index contributed by atoms with van der Waals surface area (Å²) in [6, 6.07) is 10.6. The number of nitrogens with one attached hydrogen (secondary N) is 1. The van der Waals surface area contributed by atoms with Crippen LogP contribution in [0.2, 0.25) is 5.02 Å². The van der Waals surface area contributed by atoms with Crippen molar-refractivity contribution in [2.75, 3.05) is 24.5 Å². The molecule has 0 amide bonds. The molecule has 4 nitrogen and oxygen atoms in total. The second-order valence-electron chi connectivity index (χ2n) is 6.17. The lowest BCUT2D eigenvalue weighted by Crippen LogP contribution is -2.44. The van der Waals surface area contributed by atoms with Gasteiger partial charge in [0.05, 0.1) is 0 Å². The molecule has 0 unspecified atom stereocenters. The molecular formula is C18H23ClN4. The topological polar surface area (TPSA) is 41.0 Å². The number of halogens is 1. The van der Waals surface area contributed by atoms with E-state index in [0.29, 0.717) is 12.0 Å². The molecule has 23 heavy (non-hydrogen) atoms. The summed E-state index contributed by atoms with van der Waals surface area (Å²) in [7, 11) is 0. The van der Waals surface area contributed by atoms with E-state index in [-0.39, 0.29) is 0 Å². The maximum Gasteiger partial charge on any atom is 0.225 e. The van der Waals surface area contributed by atoms with Crippen LogP contribution < -0.4 is 10.2 Å². The van der Waals surface area contributed by atoms with Gasteiger partial charge < -0.3 is 10.2 Å². The van der Waals surface area contributed by atoms with Crippen LogP contribution in [-0.4, -0.2) is 35.6 Å². The molecule has 2 heterocycles. The second kappa shape index (κ2) is 7.75. The van der Waals surface area contributed by atoms with Gasteiger partial charge in [0.1, 0.15) is 0 Å². The van der Waals surface area contributed by atoms with Gasteiger partial charge in [0.2, 0.25) is 5.95 Å². The van der Waals surface area contributed by atoms with Crippen molar-refractivity contribution in [3.8, 4) is 0 Å². The van der Waals surface area contributed by atoms with Gasteiger partial charge in [-0.05, 0) is 42.5 Å². The van der Waals surface area contributed by atoms with Gasteiger partial charge in [0, 0.05) is 43.1 Å². The zero-order chi connectivity index (χ0) is 16.1. The molecule has 3 rings (SSSR count). The fraction of sp³-hybridized carbons (Fsp3) is 0.444. The molecule has 1 aliphatic heterocycles. The van der Waals surface area contributed by atoms with Crippen LogP contribution in [0.5, 0.6) is 0 Å². The van der Waals surface area contributed by atoms with Crippen molar-refractivity contribution in [3.05, 3.63) is 53.3 Å². The number of anilines is 1. The fourth-order valence-electron chi connectivity index (χ4n) is 3.01. The van der Waals surface area contributed by atoms with E-state index in [1.54, 1.807) is 12.4 Å². The van der Waals surface area contributed by atoms with Crippen molar-refractivity contribution in [1.29, 1.82) is 0 Å². The molecule has 1 aromatic carbocycles. The molecule has 1 saturated heterocycles. The molecule has 1 aliphatic rings. The average molecular weight is 331 g/mol. The molecule has 0 saturated carbocycles. The highest BCUT2D eigenvalue weighted by molar-refractivity contribution is 6.30. The monoisotopic (exact) mass is 330 g/mol. The van der Waals surface area contributed by atoms with Gasteiger partial charge in [0.25, 0.3) is 0 Å². The molecule has 0 bridgehead atoms. The minimum absolute atomic E-state index is 0.462. The SMILES string of the molecule is C[C@H](CNC1CCN(c2ncccn2)CC1)c1cccc(Cl)c1. The van der Waals surface area contributed by atoms with Gasteiger partial charge in [-0.1, -0.05) is 30.7 Å². The Hall–Kier alpha value is -1.65. The molecule has 5 heteroatoms. The highest BCUT2D eigenvalue weighted by Crippen LogP contribution is 2.20. The number of benzene rings is 1. The molecule has 0 spiro atoms. The minimum atomic E-state index is 0.462. The van der Waals surface area contributed by atoms with Crippen LogP contribution in [0, 0.1) is 0 Å². The largest absolute Gasteiger partial charge is 0.341 e. The minimum Gasteiger partial charge on any atom is -0.341 e. The Morgan fingerprint density at radius 3 is 2.65 bits per heavy atom. The van der Waals surface area contributed by atoms with Crippen LogP contribution >= 0.6 is 11.6 Å². The Balaban J connectivity index is 1.46. The summed E-state index contributed by atoms with van der Waals surface area (Å²) in [6.45, 7) is 5.24. The summed E-state index contributed by atoms with van der Waals surface area (Å²) in [5, 5.41) is 4.51. The Labute approximate surface area is 142 Å². The fourth-order valence-corrected chi connectivity index (χ4v) is 3.21. The highest BCUT2D eigenvalue weighted by Gasteiger charge is 2.21. The van der Waals surface area contributed by atoms with E-state index >= 15 is 0 Å². The van der Waals surface area contributed by atoms with E-state index in [1.807, 2.05) is 18.2 Å². The predicted octanol–water partition coefficient (Wildman–Crippen LogP) is 3.49. The van der Waals surface area contributed by atoms with Crippen LogP contribution in [0.4, 0.5) is 5.95 Å². The average Bonchev–Trinajstić information content (AvgIpc) is 2.61. The first-order chi connectivity index (χ1) is 11.2. The van der Waals surface area contributed by atoms with Gasteiger partial charge >= 0.3 is 0 Å². The van der Waals surface area contributed by atoms with Gasteiger partial charge in [-0.15, -0.1) is 0 Å². The van der Waals surface area contributed by atoms with E-state index in [2.05, 4.69) is 39.2 Å². The standard InChI is InChI=1S/C18H23ClN4/c1-14(15-4-2-5-16(19)12-15)13-22-17-6-10-23(11-7-17)18-20-8-3-9-21-18/h2-5,8-9,12,14,17,22H,6-7,10-11,13H2,1H3/t14-/m1/s1. The third kappa shape index (κ3) is 4.43. The molecule has 2 aromatic rings. The number of hydrogen-bond donors (Lipinski definition) is 1. The molecule has 1 aromatic heterocycles. The molecule has 1 N–H and O–H groups in total. The van der Waals surface area contributed by atoms with E-state index < -0.39 is 0 Å². The number of nitrogens with zero attached hydrogens (tertiary/aromatic N) is 3. The van der Waals surface area contributed by atoms with Crippen LogP contribution in [0.15, 0.2) is 42.7 Å². The van der Waals surface area contributed by atoms with Crippen LogP contribution in [0.3, 0.4) is 0 Å². The van der Waals surface area contributed by atoms with E-state index in [0.717, 1.165) is 43.4 Å². The van der Waals surface area contributed by atoms with Gasteiger partial charge in [-0.2, -0.15) is 0 Å². The maximum atomic E-state index is 6.07. The van der Waals surface area contributed by atoms with E-state index in [1.165, 1.54) is 5.56 Å². The third-order valence-corrected chi connectivity index (χ3v) is 4.70. The third-order valence-electron chi connectivity index (χ3n) is 4.46. The lowest BCUT2D eigenvalue weighted by atomic mass is 9.99. The van der Waals surface area contributed by atoms with Gasteiger partial charge in [0.15, 0.2) is 0 Å². The molecule has 0 radical (unpaired) electrons. The first-order valence-corrected chi connectivity index (χ1v) is 8.61. The Morgan fingerprint density at radius 2 is 1.96 bits per heavy atom. The van der Waals surface area contributed by atoms with Crippen molar-refractivity contribution in [2.24, 2.45) is 0 Å². The smallest absolute Gasteiger partial charge is 0.225 e. The summed E-state index contributed by atoms with van der Waals surface area (Å²) in [5.74, 6) is 1.31. The van der Waals surface area contributed by atoms with Crippen LogP contribution in [-0.2, 0) is 0 Å². The van der Waals surface area contributed by atoms with Crippen molar-refractivity contribution in [2.45, 2.75) is 31.7 Å². The quantitative estimate of drug-likeness (QED) is 0.911. The lowest BCUT2D eigenvalue weighted by molar-refractivity contribution is 0.404. The Kier molecular flexibility index (Phi) is 5.47.